The van der Waals surface area contributed by atoms with Crippen LogP contribution in [0.2, 0.25) is 0 Å². The van der Waals surface area contributed by atoms with Gasteiger partial charge in [0, 0.05) is 25.8 Å². The number of β-amino-alcohol motifs (C(OH)–C–C–N with tert-alkyl or cyclic N) is 1. The average molecular weight is 313 g/mol. The van der Waals surface area contributed by atoms with Gasteiger partial charge in [-0.2, -0.15) is 5.10 Å². The summed E-state index contributed by atoms with van der Waals surface area (Å²) >= 11 is 0. The van der Waals surface area contributed by atoms with Crippen LogP contribution in [0.15, 0.2) is 42.7 Å². The Morgan fingerprint density at radius 3 is 2.65 bits per heavy atom. The molecule has 1 aliphatic heterocycles. The second-order valence-corrected chi connectivity index (χ2v) is 7.12. The van der Waals surface area contributed by atoms with E-state index in [9.17, 15) is 5.11 Å². The standard InChI is InChI=1S/C19H27N3O/c1-15(2)19(23,17-7-5-4-6-8-17)14-21-10-9-18(13-21)22-12-16(3)11-20-22/h4-8,11-12,15,18,23H,9-10,13-14H2,1-3H3. The maximum Gasteiger partial charge on any atom is 0.104 e. The summed E-state index contributed by atoms with van der Waals surface area (Å²) in [6.07, 6.45) is 5.11. The zero-order valence-electron chi connectivity index (χ0n) is 14.3. The Kier molecular flexibility index (Phi) is 4.55. The molecule has 2 aromatic rings. The molecule has 4 nitrogen and oxygen atoms in total. The normalized spacial score (nSPS) is 21.7. The van der Waals surface area contributed by atoms with E-state index < -0.39 is 5.60 Å². The Bertz CT molecular complexity index is 637. The lowest BCUT2D eigenvalue weighted by Crippen LogP contribution is -2.44. The summed E-state index contributed by atoms with van der Waals surface area (Å²) in [5.74, 6) is 0.163. The van der Waals surface area contributed by atoms with Crippen LogP contribution >= 0.6 is 0 Å². The van der Waals surface area contributed by atoms with E-state index in [1.807, 2.05) is 36.5 Å². The first kappa shape index (κ1) is 16.2. The van der Waals surface area contributed by atoms with Gasteiger partial charge in [0.2, 0.25) is 0 Å². The van der Waals surface area contributed by atoms with E-state index >= 15 is 0 Å². The number of rotatable bonds is 5. The van der Waals surface area contributed by atoms with Crippen molar-refractivity contribution < 1.29 is 5.11 Å². The van der Waals surface area contributed by atoms with Crippen molar-refractivity contribution in [1.29, 1.82) is 0 Å². The summed E-state index contributed by atoms with van der Waals surface area (Å²) < 4.78 is 2.08. The molecule has 1 aromatic heterocycles. The van der Waals surface area contributed by atoms with Crippen LogP contribution in [0.4, 0.5) is 0 Å². The minimum Gasteiger partial charge on any atom is -0.384 e. The fraction of sp³-hybridized carbons (Fsp3) is 0.526. The van der Waals surface area contributed by atoms with Crippen molar-refractivity contribution in [3.63, 3.8) is 0 Å². The minimum absolute atomic E-state index is 0.163. The molecular formula is C19H27N3O. The summed E-state index contributed by atoms with van der Waals surface area (Å²) in [6.45, 7) is 8.89. The molecule has 3 rings (SSSR count). The van der Waals surface area contributed by atoms with Gasteiger partial charge in [-0.25, -0.2) is 0 Å². The van der Waals surface area contributed by atoms with E-state index in [4.69, 9.17) is 0 Å². The van der Waals surface area contributed by atoms with Crippen LogP contribution in [0.1, 0.15) is 37.4 Å². The SMILES string of the molecule is Cc1cnn(C2CCN(CC(O)(c3ccccc3)C(C)C)C2)c1. The number of nitrogens with zero attached hydrogens (tertiary/aromatic N) is 3. The Labute approximate surface area is 138 Å². The van der Waals surface area contributed by atoms with Gasteiger partial charge >= 0.3 is 0 Å². The molecule has 1 aliphatic rings. The number of hydrogen-bond acceptors (Lipinski definition) is 3. The molecule has 1 fully saturated rings. The summed E-state index contributed by atoms with van der Waals surface area (Å²) in [5, 5.41) is 15.8. The predicted octanol–water partition coefficient (Wildman–Crippen LogP) is 2.98. The van der Waals surface area contributed by atoms with Gasteiger partial charge in [0.15, 0.2) is 0 Å². The van der Waals surface area contributed by atoms with Crippen molar-refractivity contribution in [3.05, 3.63) is 53.9 Å². The molecule has 1 N–H and O–H groups in total. The van der Waals surface area contributed by atoms with E-state index in [-0.39, 0.29) is 5.92 Å². The third kappa shape index (κ3) is 3.33. The molecule has 124 valence electrons. The number of aromatic nitrogens is 2. The number of hydrogen-bond donors (Lipinski definition) is 1. The van der Waals surface area contributed by atoms with Crippen LogP contribution in [-0.2, 0) is 5.60 Å². The topological polar surface area (TPSA) is 41.3 Å². The lowest BCUT2D eigenvalue weighted by atomic mass is 9.83. The minimum atomic E-state index is -0.809. The van der Waals surface area contributed by atoms with Crippen molar-refractivity contribution in [2.45, 2.75) is 38.8 Å². The highest BCUT2D eigenvalue weighted by molar-refractivity contribution is 5.23. The zero-order chi connectivity index (χ0) is 16.4. The number of aryl methyl sites for hydroxylation is 1. The predicted molar refractivity (Wildman–Crippen MR) is 92.2 cm³/mol. The summed E-state index contributed by atoms with van der Waals surface area (Å²) in [6, 6.07) is 10.5. The molecule has 0 spiro atoms. The lowest BCUT2D eigenvalue weighted by molar-refractivity contribution is -0.0365. The summed E-state index contributed by atoms with van der Waals surface area (Å²) in [5.41, 5.74) is 1.40. The molecular weight excluding hydrogens is 286 g/mol. The maximum absolute atomic E-state index is 11.3. The fourth-order valence-corrected chi connectivity index (χ4v) is 3.48. The third-order valence-electron chi connectivity index (χ3n) is 5.05. The molecule has 2 unspecified atom stereocenters. The van der Waals surface area contributed by atoms with Crippen molar-refractivity contribution in [3.8, 4) is 0 Å². The van der Waals surface area contributed by atoms with Gasteiger partial charge in [0.25, 0.3) is 0 Å². The molecule has 1 saturated heterocycles. The first-order valence-electron chi connectivity index (χ1n) is 8.50. The van der Waals surface area contributed by atoms with Gasteiger partial charge in [0.1, 0.15) is 5.60 Å². The van der Waals surface area contributed by atoms with Gasteiger partial charge < -0.3 is 5.11 Å². The van der Waals surface area contributed by atoms with E-state index in [1.165, 1.54) is 5.56 Å². The highest BCUT2D eigenvalue weighted by Crippen LogP contribution is 2.33. The van der Waals surface area contributed by atoms with Crippen molar-refractivity contribution in [2.75, 3.05) is 19.6 Å². The van der Waals surface area contributed by atoms with Gasteiger partial charge in [-0.15, -0.1) is 0 Å². The Hall–Kier alpha value is -1.65. The molecule has 2 atom stereocenters. The van der Waals surface area contributed by atoms with E-state index in [2.05, 4.69) is 41.6 Å². The number of likely N-dealkylation sites (tertiary alicyclic amines) is 1. The first-order valence-corrected chi connectivity index (χ1v) is 8.50. The van der Waals surface area contributed by atoms with Crippen LogP contribution in [0, 0.1) is 12.8 Å². The zero-order valence-corrected chi connectivity index (χ0v) is 14.3. The van der Waals surface area contributed by atoms with Gasteiger partial charge in [-0.1, -0.05) is 44.2 Å². The van der Waals surface area contributed by atoms with Gasteiger partial charge in [0.05, 0.1) is 12.2 Å². The Balaban J connectivity index is 1.72. The molecule has 4 heteroatoms. The van der Waals surface area contributed by atoms with E-state index in [1.54, 1.807) is 0 Å². The number of aliphatic hydroxyl groups is 1. The van der Waals surface area contributed by atoms with Crippen molar-refractivity contribution in [2.24, 2.45) is 5.92 Å². The second kappa shape index (κ2) is 6.46. The Morgan fingerprint density at radius 1 is 1.30 bits per heavy atom. The Morgan fingerprint density at radius 2 is 2.04 bits per heavy atom. The smallest absolute Gasteiger partial charge is 0.104 e. The van der Waals surface area contributed by atoms with Crippen molar-refractivity contribution >= 4 is 0 Å². The molecule has 0 bridgehead atoms. The van der Waals surface area contributed by atoms with Crippen LogP contribution in [0.5, 0.6) is 0 Å². The molecule has 0 amide bonds. The third-order valence-corrected chi connectivity index (χ3v) is 5.05. The highest BCUT2D eigenvalue weighted by atomic mass is 16.3. The quantitative estimate of drug-likeness (QED) is 0.922. The molecule has 23 heavy (non-hydrogen) atoms. The lowest BCUT2D eigenvalue weighted by Gasteiger charge is -2.36. The van der Waals surface area contributed by atoms with Crippen LogP contribution in [-0.4, -0.2) is 39.4 Å². The second-order valence-electron chi connectivity index (χ2n) is 7.12. The molecule has 0 aliphatic carbocycles. The van der Waals surface area contributed by atoms with E-state index in [0.29, 0.717) is 12.6 Å². The highest BCUT2D eigenvalue weighted by Gasteiger charge is 2.37. The summed E-state index contributed by atoms with van der Waals surface area (Å²) in [7, 11) is 0. The van der Waals surface area contributed by atoms with E-state index in [0.717, 1.165) is 25.1 Å². The van der Waals surface area contributed by atoms with Gasteiger partial charge in [-0.05, 0) is 30.4 Å². The first-order chi connectivity index (χ1) is 11.0. The fourth-order valence-electron chi connectivity index (χ4n) is 3.48. The molecule has 0 radical (unpaired) electrons. The summed E-state index contributed by atoms with van der Waals surface area (Å²) in [4.78, 5) is 2.37. The van der Waals surface area contributed by atoms with Crippen LogP contribution in [0.25, 0.3) is 0 Å². The van der Waals surface area contributed by atoms with Crippen LogP contribution in [0.3, 0.4) is 0 Å². The van der Waals surface area contributed by atoms with Crippen molar-refractivity contribution in [1.82, 2.24) is 14.7 Å². The average Bonchev–Trinajstić information content (AvgIpc) is 3.16. The molecule has 2 heterocycles. The van der Waals surface area contributed by atoms with Gasteiger partial charge in [-0.3, -0.25) is 9.58 Å². The molecule has 1 aromatic carbocycles. The van der Waals surface area contributed by atoms with Crippen LogP contribution < -0.4 is 0 Å². The molecule has 0 saturated carbocycles. The largest absolute Gasteiger partial charge is 0.384 e. The number of benzene rings is 1. The monoisotopic (exact) mass is 313 g/mol. The maximum atomic E-state index is 11.3.